The van der Waals surface area contributed by atoms with E-state index in [9.17, 15) is 13.2 Å². The number of Topliss-reactive ketones (excluding diaryl/α,β-unsaturated/α-hetero) is 1. The van der Waals surface area contributed by atoms with E-state index in [0.29, 0.717) is 0 Å². The van der Waals surface area contributed by atoms with Gasteiger partial charge in [-0.3, -0.25) is 8.98 Å². The van der Waals surface area contributed by atoms with E-state index in [1.807, 2.05) is 0 Å². The zero-order valence-electron chi connectivity index (χ0n) is 10.7. The Morgan fingerprint density at radius 3 is 2.37 bits per heavy atom. The molecule has 19 heavy (non-hydrogen) atoms. The highest BCUT2D eigenvalue weighted by atomic mass is 32.2. The Labute approximate surface area is 113 Å². The molecule has 0 aliphatic heterocycles. The summed E-state index contributed by atoms with van der Waals surface area (Å²) in [7, 11) is -3.81. The van der Waals surface area contributed by atoms with Crippen LogP contribution in [0.4, 0.5) is 0 Å². The molecule has 1 saturated carbocycles. The number of carbonyl (C=O) groups is 1. The highest BCUT2D eigenvalue weighted by Crippen LogP contribution is 2.24. The van der Waals surface area contributed by atoms with Gasteiger partial charge in [0.1, 0.15) is 6.61 Å². The van der Waals surface area contributed by atoms with Crippen molar-refractivity contribution in [3.05, 3.63) is 30.3 Å². The molecule has 0 saturated heterocycles. The van der Waals surface area contributed by atoms with Crippen molar-refractivity contribution in [2.75, 3.05) is 6.61 Å². The molecule has 4 nitrogen and oxygen atoms in total. The first-order chi connectivity index (χ1) is 9.09. The zero-order chi connectivity index (χ0) is 13.7. The van der Waals surface area contributed by atoms with E-state index < -0.39 is 10.1 Å². The number of rotatable bonds is 5. The second-order valence-corrected chi connectivity index (χ2v) is 6.45. The fourth-order valence-corrected chi connectivity index (χ4v) is 3.23. The second-order valence-electron chi connectivity index (χ2n) is 4.83. The molecule has 1 fully saturated rings. The molecule has 1 aliphatic rings. The van der Waals surface area contributed by atoms with E-state index in [1.54, 1.807) is 18.2 Å². The molecular weight excluding hydrogens is 264 g/mol. The molecule has 0 spiro atoms. The normalized spacial score (nSPS) is 17.3. The van der Waals surface area contributed by atoms with Gasteiger partial charge in [0.05, 0.1) is 4.90 Å². The molecule has 104 valence electrons. The fraction of sp³-hybridized carbons (Fsp3) is 0.500. The van der Waals surface area contributed by atoms with Crippen LogP contribution in [0, 0.1) is 5.92 Å². The predicted molar refractivity (Wildman–Crippen MR) is 71.2 cm³/mol. The van der Waals surface area contributed by atoms with Crippen LogP contribution in [-0.2, 0) is 19.1 Å². The summed E-state index contributed by atoms with van der Waals surface area (Å²) < 4.78 is 28.5. The van der Waals surface area contributed by atoms with Crippen LogP contribution in [0.1, 0.15) is 32.1 Å². The topological polar surface area (TPSA) is 60.4 Å². The molecule has 1 aromatic carbocycles. The van der Waals surface area contributed by atoms with Crippen molar-refractivity contribution in [1.82, 2.24) is 0 Å². The maximum absolute atomic E-state index is 11.9. The summed E-state index contributed by atoms with van der Waals surface area (Å²) >= 11 is 0. The van der Waals surface area contributed by atoms with E-state index in [0.717, 1.165) is 32.1 Å². The lowest BCUT2D eigenvalue weighted by Gasteiger charge is -2.19. The summed E-state index contributed by atoms with van der Waals surface area (Å²) in [6.07, 6.45) is 4.96. The molecule has 1 aliphatic carbocycles. The van der Waals surface area contributed by atoms with Crippen molar-refractivity contribution in [2.45, 2.75) is 37.0 Å². The van der Waals surface area contributed by atoms with Gasteiger partial charge in [0, 0.05) is 5.92 Å². The largest absolute Gasteiger partial charge is 0.297 e. The van der Waals surface area contributed by atoms with Crippen LogP contribution >= 0.6 is 0 Å². The van der Waals surface area contributed by atoms with Crippen LogP contribution in [0.3, 0.4) is 0 Å². The highest BCUT2D eigenvalue weighted by molar-refractivity contribution is 7.86. The number of benzene rings is 1. The molecule has 0 aromatic heterocycles. The lowest BCUT2D eigenvalue weighted by atomic mass is 9.86. The lowest BCUT2D eigenvalue weighted by Crippen LogP contribution is -2.24. The second kappa shape index (κ2) is 6.30. The molecule has 0 heterocycles. The van der Waals surface area contributed by atoms with E-state index in [1.165, 1.54) is 12.1 Å². The third-order valence-electron chi connectivity index (χ3n) is 3.45. The van der Waals surface area contributed by atoms with Crippen molar-refractivity contribution in [2.24, 2.45) is 5.92 Å². The van der Waals surface area contributed by atoms with Crippen molar-refractivity contribution in [3.8, 4) is 0 Å². The molecule has 0 radical (unpaired) electrons. The lowest BCUT2D eigenvalue weighted by molar-refractivity contribution is -0.125. The Hall–Kier alpha value is -1.20. The van der Waals surface area contributed by atoms with Crippen LogP contribution in [-0.4, -0.2) is 20.8 Å². The molecule has 0 atom stereocenters. The quantitative estimate of drug-likeness (QED) is 0.779. The average molecular weight is 282 g/mol. The van der Waals surface area contributed by atoms with Gasteiger partial charge in [0.25, 0.3) is 10.1 Å². The van der Waals surface area contributed by atoms with Gasteiger partial charge >= 0.3 is 0 Å². The maximum Gasteiger partial charge on any atom is 0.297 e. The van der Waals surface area contributed by atoms with E-state index >= 15 is 0 Å². The minimum absolute atomic E-state index is 0.0280. The summed E-state index contributed by atoms with van der Waals surface area (Å²) in [5, 5.41) is 0. The molecule has 2 rings (SSSR count). The van der Waals surface area contributed by atoms with Crippen LogP contribution in [0.2, 0.25) is 0 Å². The van der Waals surface area contributed by atoms with E-state index in [4.69, 9.17) is 4.18 Å². The minimum Gasteiger partial charge on any atom is -0.297 e. The molecule has 0 amide bonds. The third kappa shape index (κ3) is 3.88. The first kappa shape index (κ1) is 14.2. The molecule has 0 N–H and O–H groups in total. The standard InChI is InChI=1S/C14H18O4S/c15-14(12-7-3-1-4-8-12)11-18-19(16,17)13-9-5-2-6-10-13/h2,5-6,9-10,12H,1,3-4,7-8,11H2. The zero-order valence-corrected chi connectivity index (χ0v) is 11.6. The van der Waals surface area contributed by atoms with Crippen molar-refractivity contribution < 1.29 is 17.4 Å². The fourth-order valence-electron chi connectivity index (χ4n) is 2.33. The smallest absolute Gasteiger partial charge is 0.297 e. The van der Waals surface area contributed by atoms with Crippen LogP contribution < -0.4 is 0 Å². The van der Waals surface area contributed by atoms with Gasteiger partial charge < -0.3 is 0 Å². The number of hydrogen-bond donors (Lipinski definition) is 0. The average Bonchev–Trinajstić information content (AvgIpc) is 2.47. The van der Waals surface area contributed by atoms with Crippen LogP contribution in [0.5, 0.6) is 0 Å². The minimum atomic E-state index is -3.81. The molecular formula is C14H18O4S. The Bertz CT molecular complexity index is 516. The van der Waals surface area contributed by atoms with Gasteiger partial charge in [-0.1, -0.05) is 37.5 Å². The van der Waals surface area contributed by atoms with Crippen molar-refractivity contribution in [1.29, 1.82) is 0 Å². The number of hydrogen-bond acceptors (Lipinski definition) is 4. The van der Waals surface area contributed by atoms with Gasteiger partial charge in [0.15, 0.2) is 5.78 Å². The summed E-state index contributed by atoms with van der Waals surface area (Å²) in [6, 6.07) is 7.89. The van der Waals surface area contributed by atoms with Crippen molar-refractivity contribution in [3.63, 3.8) is 0 Å². The monoisotopic (exact) mass is 282 g/mol. The highest BCUT2D eigenvalue weighted by Gasteiger charge is 2.23. The number of carbonyl (C=O) groups excluding carboxylic acids is 1. The Morgan fingerprint density at radius 1 is 1.11 bits per heavy atom. The Balaban J connectivity index is 1.93. The van der Waals surface area contributed by atoms with Crippen LogP contribution in [0.15, 0.2) is 35.2 Å². The van der Waals surface area contributed by atoms with Gasteiger partial charge in [0.2, 0.25) is 0 Å². The maximum atomic E-state index is 11.9. The van der Waals surface area contributed by atoms with Gasteiger partial charge in [-0.2, -0.15) is 8.42 Å². The summed E-state index contributed by atoms with van der Waals surface area (Å²) in [4.78, 5) is 12.0. The number of ketones is 1. The van der Waals surface area contributed by atoms with Crippen molar-refractivity contribution >= 4 is 15.9 Å². The molecule has 5 heteroatoms. The van der Waals surface area contributed by atoms with Gasteiger partial charge in [-0.15, -0.1) is 0 Å². The van der Waals surface area contributed by atoms with Gasteiger partial charge in [-0.05, 0) is 25.0 Å². The molecule has 1 aromatic rings. The SMILES string of the molecule is O=C(COS(=O)(=O)c1ccccc1)C1CCCCC1. The summed E-state index contributed by atoms with van der Waals surface area (Å²) in [5.74, 6) is -0.126. The predicted octanol–water partition coefficient (Wildman–Crippen LogP) is 2.54. The first-order valence-electron chi connectivity index (χ1n) is 6.57. The summed E-state index contributed by atoms with van der Waals surface area (Å²) in [5.41, 5.74) is 0. The van der Waals surface area contributed by atoms with E-state index in [-0.39, 0.29) is 23.2 Å². The molecule has 0 unspecified atom stereocenters. The van der Waals surface area contributed by atoms with Crippen LogP contribution in [0.25, 0.3) is 0 Å². The summed E-state index contributed by atoms with van der Waals surface area (Å²) in [6.45, 7) is -0.345. The van der Waals surface area contributed by atoms with Gasteiger partial charge in [-0.25, -0.2) is 0 Å². The third-order valence-corrected chi connectivity index (χ3v) is 4.73. The first-order valence-corrected chi connectivity index (χ1v) is 7.97. The Morgan fingerprint density at radius 2 is 1.74 bits per heavy atom. The van der Waals surface area contributed by atoms with E-state index in [2.05, 4.69) is 0 Å². The molecule has 0 bridgehead atoms. The Kier molecular flexibility index (Phi) is 4.71.